The molecular weight excluding hydrogens is 500 g/mol. The van der Waals surface area contributed by atoms with Crippen LogP contribution in [0.25, 0.3) is 0 Å². The number of methoxy groups -OCH3 is 1. The van der Waals surface area contributed by atoms with Gasteiger partial charge in [0, 0.05) is 32.2 Å². The van der Waals surface area contributed by atoms with Gasteiger partial charge in [0.05, 0.1) is 10.7 Å². The average molecular weight is 527 g/mol. The molecule has 2 aromatic carbocycles. The second-order valence-corrected chi connectivity index (χ2v) is 9.67. The van der Waals surface area contributed by atoms with Gasteiger partial charge in [-0.05, 0) is 43.0 Å². The van der Waals surface area contributed by atoms with E-state index in [1.54, 1.807) is 6.07 Å². The smallest absolute Gasteiger partial charge is 0.330 e. The van der Waals surface area contributed by atoms with Crippen molar-refractivity contribution >= 4 is 52.5 Å². The van der Waals surface area contributed by atoms with Gasteiger partial charge in [-0.1, -0.05) is 41.9 Å². The van der Waals surface area contributed by atoms with E-state index in [0.717, 1.165) is 10.5 Å². The van der Waals surface area contributed by atoms with Crippen molar-refractivity contribution in [2.45, 2.75) is 38.5 Å². The van der Waals surface area contributed by atoms with Crippen molar-refractivity contribution in [1.82, 2.24) is 9.80 Å². The van der Waals surface area contributed by atoms with Crippen LogP contribution in [0.2, 0.25) is 5.02 Å². The molecule has 1 aliphatic heterocycles. The van der Waals surface area contributed by atoms with Crippen LogP contribution in [0, 0.1) is 5.41 Å². The van der Waals surface area contributed by atoms with Gasteiger partial charge in [-0.25, -0.2) is 9.69 Å². The van der Waals surface area contributed by atoms with E-state index in [-0.39, 0.29) is 16.6 Å². The van der Waals surface area contributed by atoms with Gasteiger partial charge in [-0.2, -0.15) is 0 Å². The highest BCUT2D eigenvalue weighted by molar-refractivity contribution is 6.34. The van der Waals surface area contributed by atoms with Crippen molar-refractivity contribution in [2.24, 2.45) is 5.41 Å². The number of hydrogen-bond donors (Lipinski definition) is 2. The normalized spacial score (nSPS) is 19.0. The van der Waals surface area contributed by atoms with Crippen LogP contribution >= 0.6 is 11.6 Å². The minimum atomic E-state index is -1.74. The summed E-state index contributed by atoms with van der Waals surface area (Å²) < 4.78 is 5.14. The Kier molecular flexibility index (Phi) is 7.33. The summed E-state index contributed by atoms with van der Waals surface area (Å²) in [5.74, 6) is -2.56. The molecule has 194 valence electrons. The van der Waals surface area contributed by atoms with Gasteiger partial charge in [0.25, 0.3) is 11.8 Å². The molecule has 2 N–H and O–H groups in total. The molecule has 1 saturated carbocycles. The van der Waals surface area contributed by atoms with E-state index in [1.807, 2.05) is 30.3 Å². The standard InChI is InChI=1S/C26H27ClN4O6/c1-15(32)28-17-9-10-18(27)19(13-17)29-22(34)20(31-23(35)24(37-3)30(2)25(31)36)21(33)26(11-12-26)14-16-7-5-4-6-8-16/h4-10,13,20,24H,11-12,14H2,1-3H3,(H,28,32)(H,29,34). The first-order valence-electron chi connectivity index (χ1n) is 11.7. The monoisotopic (exact) mass is 526 g/mol. The number of anilines is 2. The Bertz CT molecular complexity index is 1260. The summed E-state index contributed by atoms with van der Waals surface area (Å²) >= 11 is 6.27. The number of ketones is 1. The first kappa shape index (κ1) is 26.3. The molecular formula is C26H27ClN4O6. The third-order valence-corrected chi connectivity index (χ3v) is 6.92. The Labute approximate surface area is 218 Å². The highest BCUT2D eigenvalue weighted by Gasteiger charge is 2.59. The molecule has 0 bridgehead atoms. The molecule has 4 rings (SSSR count). The molecule has 5 amide bonds. The van der Waals surface area contributed by atoms with E-state index < -0.39 is 41.3 Å². The molecule has 2 atom stereocenters. The Morgan fingerprint density at radius 1 is 1.11 bits per heavy atom. The van der Waals surface area contributed by atoms with E-state index in [4.69, 9.17) is 16.3 Å². The number of imide groups is 1. The van der Waals surface area contributed by atoms with Crippen molar-refractivity contribution in [2.75, 3.05) is 24.8 Å². The molecule has 0 spiro atoms. The van der Waals surface area contributed by atoms with E-state index in [2.05, 4.69) is 10.6 Å². The van der Waals surface area contributed by atoms with E-state index >= 15 is 0 Å². The van der Waals surface area contributed by atoms with Crippen LogP contribution in [-0.2, 0) is 30.3 Å². The summed E-state index contributed by atoms with van der Waals surface area (Å²) in [6.07, 6.45) is 0.146. The quantitative estimate of drug-likeness (QED) is 0.382. The summed E-state index contributed by atoms with van der Waals surface area (Å²) in [6, 6.07) is 11.2. The molecule has 2 aliphatic rings. The molecule has 1 saturated heterocycles. The van der Waals surface area contributed by atoms with Crippen molar-refractivity contribution in [3.05, 3.63) is 59.1 Å². The number of hydrogen-bond acceptors (Lipinski definition) is 6. The fraction of sp³-hybridized carbons (Fsp3) is 0.346. The third kappa shape index (κ3) is 5.21. The number of urea groups is 1. The minimum Gasteiger partial charge on any atom is -0.353 e. The number of ether oxygens (including phenoxy) is 1. The Hall–Kier alpha value is -3.76. The lowest BCUT2D eigenvalue weighted by molar-refractivity contribution is -0.147. The van der Waals surface area contributed by atoms with Gasteiger partial charge in [0.15, 0.2) is 11.8 Å². The largest absolute Gasteiger partial charge is 0.353 e. The maximum absolute atomic E-state index is 14.0. The number of carbonyl (C=O) groups excluding carboxylic acids is 5. The summed E-state index contributed by atoms with van der Waals surface area (Å²) in [4.78, 5) is 67.0. The third-order valence-electron chi connectivity index (χ3n) is 6.59. The maximum atomic E-state index is 14.0. The molecule has 2 aromatic rings. The highest BCUT2D eigenvalue weighted by atomic mass is 35.5. The molecule has 37 heavy (non-hydrogen) atoms. The van der Waals surface area contributed by atoms with Gasteiger partial charge in [0.1, 0.15) is 0 Å². The van der Waals surface area contributed by atoms with Crippen molar-refractivity contribution in [3.63, 3.8) is 0 Å². The van der Waals surface area contributed by atoms with E-state index in [1.165, 1.54) is 33.2 Å². The van der Waals surface area contributed by atoms with Crippen LogP contribution in [0.1, 0.15) is 25.3 Å². The predicted molar refractivity (Wildman–Crippen MR) is 136 cm³/mol. The zero-order chi connectivity index (χ0) is 26.9. The second-order valence-electron chi connectivity index (χ2n) is 9.26. The lowest BCUT2D eigenvalue weighted by Crippen LogP contribution is -2.55. The first-order chi connectivity index (χ1) is 17.6. The van der Waals surface area contributed by atoms with Gasteiger partial charge in [-0.3, -0.25) is 24.1 Å². The molecule has 11 heteroatoms. The summed E-state index contributed by atoms with van der Waals surface area (Å²) in [5.41, 5.74) is 0.490. The Morgan fingerprint density at radius 2 is 1.78 bits per heavy atom. The van der Waals surface area contributed by atoms with Gasteiger partial charge < -0.3 is 15.4 Å². The molecule has 2 unspecified atom stereocenters. The van der Waals surface area contributed by atoms with Crippen LogP contribution in [-0.4, -0.2) is 65.8 Å². The lowest BCUT2D eigenvalue weighted by Gasteiger charge is -2.27. The summed E-state index contributed by atoms with van der Waals surface area (Å²) in [5, 5.41) is 5.32. The summed E-state index contributed by atoms with van der Waals surface area (Å²) in [7, 11) is 2.62. The van der Waals surface area contributed by atoms with Crippen molar-refractivity contribution in [3.8, 4) is 0 Å². The molecule has 10 nitrogen and oxygen atoms in total. The SMILES string of the molecule is COC1C(=O)N(C(C(=O)Nc2cc(NC(C)=O)ccc2Cl)C(=O)C2(Cc3ccccc3)CC2)C(=O)N1C. The summed E-state index contributed by atoms with van der Waals surface area (Å²) in [6.45, 7) is 1.33. The Balaban J connectivity index is 1.69. The minimum absolute atomic E-state index is 0.111. The fourth-order valence-corrected chi connectivity index (χ4v) is 4.71. The zero-order valence-electron chi connectivity index (χ0n) is 20.6. The number of amides is 5. The van der Waals surface area contributed by atoms with Crippen LogP contribution in [0.3, 0.4) is 0 Å². The highest BCUT2D eigenvalue weighted by Crippen LogP contribution is 2.50. The number of nitrogens with one attached hydrogen (secondary N) is 2. The number of Topliss-reactive ketones (excluding diaryl/α,β-unsaturated/α-hetero) is 1. The van der Waals surface area contributed by atoms with Gasteiger partial charge in [-0.15, -0.1) is 0 Å². The van der Waals surface area contributed by atoms with Crippen molar-refractivity contribution < 1.29 is 28.7 Å². The fourth-order valence-electron chi connectivity index (χ4n) is 4.54. The lowest BCUT2D eigenvalue weighted by atomic mass is 9.87. The van der Waals surface area contributed by atoms with Crippen molar-refractivity contribution in [1.29, 1.82) is 0 Å². The topological polar surface area (TPSA) is 125 Å². The van der Waals surface area contributed by atoms with Crippen LogP contribution in [0.5, 0.6) is 0 Å². The number of nitrogens with zero attached hydrogens (tertiary/aromatic N) is 2. The maximum Gasteiger partial charge on any atom is 0.330 e. The molecule has 2 fully saturated rings. The molecule has 1 heterocycles. The number of halogens is 1. The molecule has 0 radical (unpaired) electrons. The first-order valence-corrected chi connectivity index (χ1v) is 12.0. The van der Waals surface area contributed by atoms with Crippen LogP contribution in [0.15, 0.2) is 48.5 Å². The van der Waals surface area contributed by atoms with Crippen LogP contribution in [0.4, 0.5) is 16.2 Å². The van der Waals surface area contributed by atoms with E-state index in [9.17, 15) is 24.0 Å². The van der Waals surface area contributed by atoms with E-state index in [0.29, 0.717) is 29.8 Å². The second kappa shape index (κ2) is 10.3. The number of benzene rings is 2. The predicted octanol–water partition coefficient (Wildman–Crippen LogP) is 3.06. The van der Waals surface area contributed by atoms with Gasteiger partial charge in [0.2, 0.25) is 12.1 Å². The zero-order valence-corrected chi connectivity index (χ0v) is 21.4. The number of likely N-dealkylation sites (N-methyl/N-ethyl adjacent to an activating group) is 1. The number of rotatable bonds is 9. The molecule has 0 aromatic heterocycles. The van der Waals surface area contributed by atoms with Gasteiger partial charge >= 0.3 is 6.03 Å². The molecule has 1 aliphatic carbocycles. The van der Waals surface area contributed by atoms with Crippen LogP contribution < -0.4 is 10.6 Å². The number of carbonyl (C=O) groups is 5. The Morgan fingerprint density at radius 3 is 2.35 bits per heavy atom. The average Bonchev–Trinajstić information content (AvgIpc) is 3.60.